The Balaban J connectivity index is 1.99. The number of rotatable bonds is 5. The third kappa shape index (κ3) is 4.95. The molecule has 25 heavy (non-hydrogen) atoms. The average Bonchev–Trinajstić information content (AvgIpc) is 2.56. The van der Waals surface area contributed by atoms with Crippen molar-refractivity contribution in [2.45, 2.75) is 33.8 Å². The number of nitrogens with one attached hydrogen (secondary N) is 1. The Morgan fingerprint density at radius 3 is 2.16 bits per heavy atom. The molecule has 0 unspecified atom stereocenters. The van der Waals surface area contributed by atoms with Gasteiger partial charge in [-0.15, -0.1) is 0 Å². The summed E-state index contributed by atoms with van der Waals surface area (Å²) in [6, 6.07) is 7.19. The Morgan fingerprint density at radius 1 is 1.08 bits per heavy atom. The minimum atomic E-state index is -1.11. The summed E-state index contributed by atoms with van der Waals surface area (Å²) in [4.78, 5) is 29.4. The maximum atomic E-state index is 12.8. The second kappa shape index (κ2) is 7.87. The Kier molecular flexibility index (Phi) is 6.06. The number of hydrogen-bond donors (Lipinski definition) is 1. The van der Waals surface area contributed by atoms with Gasteiger partial charge in [-0.25, -0.2) is 0 Å². The third-order valence-corrected chi connectivity index (χ3v) is 4.38. The van der Waals surface area contributed by atoms with Gasteiger partial charge in [0.2, 0.25) is 11.8 Å². The lowest BCUT2D eigenvalue weighted by molar-refractivity contribution is -0.147. The third-order valence-electron chi connectivity index (χ3n) is 4.38. The van der Waals surface area contributed by atoms with Crippen molar-refractivity contribution >= 4 is 17.5 Å². The molecule has 1 saturated heterocycles. The van der Waals surface area contributed by atoms with Crippen molar-refractivity contribution in [3.8, 4) is 5.75 Å². The fraction of sp³-hybridized carbons (Fsp3) is 0.579. The van der Waals surface area contributed by atoms with Crippen molar-refractivity contribution in [1.82, 2.24) is 9.80 Å². The molecular weight excluding hydrogens is 318 g/mol. The minimum absolute atomic E-state index is 0.0978. The summed E-state index contributed by atoms with van der Waals surface area (Å²) in [5.74, 6) is 0.326. The van der Waals surface area contributed by atoms with E-state index in [2.05, 4.69) is 10.2 Å². The SMILES string of the molecule is CC(C)Oc1ccc(NC(=O)C(C)(C)C(=O)N2CCN(C)CC2)cc1. The first-order valence-corrected chi connectivity index (χ1v) is 8.76. The molecule has 138 valence electrons. The minimum Gasteiger partial charge on any atom is -0.491 e. The summed E-state index contributed by atoms with van der Waals surface area (Å²) >= 11 is 0. The van der Waals surface area contributed by atoms with Crippen molar-refractivity contribution in [2.75, 3.05) is 38.5 Å². The van der Waals surface area contributed by atoms with Crippen molar-refractivity contribution in [3.05, 3.63) is 24.3 Å². The average molecular weight is 347 g/mol. The van der Waals surface area contributed by atoms with Gasteiger partial charge < -0.3 is 19.9 Å². The number of carbonyl (C=O) groups is 2. The highest BCUT2D eigenvalue weighted by Crippen LogP contribution is 2.24. The molecule has 0 radical (unpaired) electrons. The number of piperazine rings is 1. The van der Waals surface area contributed by atoms with Crippen LogP contribution in [-0.4, -0.2) is 60.9 Å². The Bertz CT molecular complexity index is 603. The predicted molar refractivity (Wildman–Crippen MR) is 98.7 cm³/mol. The topological polar surface area (TPSA) is 61.9 Å². The number of anilines is 1. The van der Waals surface area contributed by atoms with Crippen LogP contribution in [0.3, 0.4) is 0 Å². The Labute approximate surface area is 150 Å². The molecule has 1 aromatic carbocycles. The molecule has 0 bridgehead atoms. The number of amides is 2. The molecule has 1 fully saturated rings. The van der Waals surface area contributed by atoms with Crippen LogP contribution in [0, 0.1) is 5.41 Å². The van der Waals surface area contributed by atoms with Crippen LogP contribution in [0.25, 0.3) is 0 Å². The molecule has 1 N–H and O–H groups in total. The first-order chi connectivity index (χ1) is 11.7. The molecule has 1 aromatic rings. The van der Waals surface area contributed by atoms with Crippen molar-refractivity contribution in [1.29, 1.82) is 0 Å². The van der Waals surface area contributed by atoms with Gasteiger partial charge in [0.15, 0.2) is 0 Å². The molecule has 6 nitrogen and oxygen atoms in total. The zero-order valence-electron chi connectivity index (χ0n) is 15.8. The van der Waals surface area contributed by atoms with E-state index in [4.69, 9.17) is 4.74 Å². The van der Waals surface area contributed by atoms with Crippen molar-refractivity contribution in [3.63, 3.8) is 0 Å². The summed E-state index contributed by atoms with van der Waals surface area (Å²) in [5, 5.41) is 2.84. The maximum absolute atomic E-state index is 12.8. The Morgan fingerprint density at radius 2 is 1.64 bits per heavy atom. The normalized spacial score (nSPS) is 16.0. The number of ether oxygens (including phenoxy) is 1. The number of hydrogen-bond acceptors (Lipinski definition) is 4. The van der Waals surface area contributed by atoms with Gasteiger partial charge in [0.25, 0.3) is 0 Å². The number of likely N-dealkylation sites (N-methyl/N-ethyl adjacent to an activating group) is 1. The molecule has 6 heteroatoms. The lowest BCUT2D eigenvalue weighted by Crippen LogP contribution is -2.53. The Hall–Kier alpha value is -2.08. The van der Waals surface area contributed by atoms with Crippen LogP contribution in [0.1, 0.15) is 27.7 Å². The molecule has 0 aromatic heterocycles. The lowest BCUT2D eigenvalue weighted by Gasteiger charge is -2.36. The molecule has 0 spiro atoms. The molecule has 1 aliphatic heterocycles. The van der Waals surface area contributed by atoms with Crippen LogP contribution >= 0.6 is 0 Å². The molecule has 0 atom stereocenters. The van der Waals surface area contributed by atoms with Gasteiger partial charge in [0, 0.05) is 31.9 Å². The zero-order chi connectivity index (χ0) is 18.6. The highest BCUT2D eigenvalue weighted by molar-refractivity contribution is 6.09. The van der Waals surface area contributed by atoms with E-state index in [9.17, 15) is 9.59 Å². The van der Waals surface area contributed by atoms with Crippen molar-refractivity contribution < 1.29 is 14.3 Å². The molecule has 0 aliphatic carbocycles. The molecule has 2 rings (SSSR count). The number of benzene rings is 1. The van der Waals surface area contributed by atoms with Crippen LogP contribution in [-0.2, 0) is 9.59 Å². The van der Waals surface area contributed by atoms with Gasteiger partial charge in [-0.3, -0.25) is 9.59 Å². The van der Waals surface area contributed by atoms with E-state index in [-0.39, 0.29) is 17.9 Å². The second-order valence-corrected chi connectivity index (χ2v) is 7.37. The summed E-state index contributed by atoms with van der Waals surface area (Å²) in [6.07, 6.45) is 0.0978. The van der Waals surface area contributed by atoms with Gasteiger partial charge in [-0.1, -0.05) is 0 Å². The molecule has 1 aliphatic rings. The van der Waals surface area contributed by atoms with E-state index in [1.165, 1.54) is 0 Å². The van der Waals surface area contributed by atoms with Gasteiger partial charge in [0.1, 0.15) is 11.2 Å². The van der Waals surface area contributed by atoms with Crippen LogP contribution in [0.5, 0.6) is 5.75 Å². The quantitative estimate of drug-likeness (QED) is 0.830. The smallest absolute Gasteiger partial charge is 0.239 e. The fourth-order valence-corrected chi connectivity index (χ4v) is 2.68. The van der Waals surface area contributed by atoms with Crippen LogP contribution < -0.4 is 10.1 Å². The summed E-state index contributed by atoms with van der Waals surface area (Å²) in [6.45, 7) is 10.3. The standard InChI is InChI=1S/C19H29N3O3/c1-14(2)25-16-8-6-15(7-9-16)20-17(23)19(3,4)18(24)22-12-10-21(5)11-13-22/h6-9,14H,10-13H2,1-5H3,(H,20,23). The highest BCUT2D eigenvalue weighted by atomic mass is 16.5. The largest absolute Gasteiger partial charge is 0.491 e. The zero-order valence-corrected chi connectivity index (χ0v) is 15.8. The number of carbonyl (C=O) groups excluding carboxylic acids is 2. The molecule has 2 amide bonds. The fourth-order valence-electron chi connectivity index (χ4n) is 2.68. The second-order valence-electron chi connectivity index (χ2n) is 7.37. The summed E-state index contributed by atoms with van der Waals surface area (Å²) < 4.78 is 5.59. The first kappa shape index (κ1) is 19.2. The van der Waals surface area contributed by atoms with Crippen LogP contribution in [0.15, 0.2) is 24.3 Å². The highest BCUT2D eigenvalue weighted by Gasteiger charge is 2.39. The van der Waals surface area contributed by atoms with E-state index in [0.717, 1.165) is 18.8 Å². The maximum Gasteiger partial charge on any atom is 0.239 e. The lowest BCUT2D eigenvalue weighted by atomic mass is 9.89. The monoisotopic (exact) mass is 347 g/mol. The van der Waals surface area contributed by atoms with E-state index in [0.29, 0.717) is 18.8 Å². The van der Waals surface area contributed by atoms with Gasteiger partial charge >= 0.3 is 0 Å². The predicted octanol–water partition coefficient (Wildman–Crippen LogP) is 2.21. The van der Waals surface area contributed by atoms with Crippen LogP contribution in [0.4, 0.5) is 5.69 Å². The molecular formula is C19H29N3O3. The molecule has 0 saturated carbocycles. The van der Waals surface area contributed by atoms with E-state index in [1.807, 2.05) is 33.0 Å². The van der Waals surface area contributed by atoms with E-state index in [1.54, 1.807) is 30.9 Å². The van der Waals surface area contributed by atoms with Gasteiger partial charge in [-0.2, -0.15) is 0 Å². The van der Waals surface area contributed by atoms with Gasteiger partial charge in [-0.05, 0) is 59.0 Å². The van der Waals surface area contributed by atoms with E-state index < -0.39 is 5.41 Å². The van der Waals surface area contributed by atoms with Crippen molar-refractivity contribution in [2.24, 2.45) is 5.41 Å². The van der Waals surface area contributed by atoms with Crippen LogP contribution in [0.2, 0.25) is 0 Å². The first-order valence-electron chi connectivity index (χ1n) is 8.76. The van der Waals surface area contributed by atoms with E-state index >= 15 is 0 Å². The number of nitrogens with zero attached hydrogens (tertiary/aromatic N) is 2. The van der Waals surface area contributed by atoms with Gasteiger partial charge in [0.05, 0.1) is 6.10 Å². The molecule has 1 heterocycles. The summed E-state index contributed by atoms with van der Waals surface area (Å²) in [5.41, 5.74) is -0.455. The summed E-state index contributed by atoms with van der Waals surface area (Å²) in [7, 11) is 2.03.